The van der Waals surface area contributed by atoms with Crippen LogP contribution in [0.25, 0.3) is 0 Å². The summed E-state index contributed by atoms with van der Waals surface area (Å²) in [6.45, 7) is 3.60. The molecule has 0 aliphatic heterocycles. The van der Waals surface area contributed by atoms with Gasteiger partial charge in [-0.05, 0) is 37.2 Å². The van der Waals surface area contributed by atoms with Crippen LogP contribution in [-0.4, -0.2) is 31.0 Å². The third-order valence-electron chi connectivity index (χ3n) is 3.73. The van der Waals surface area contributed by atoms with E-state index in [2.05, 4.69) is 12.2 Å². The van der Waals surface area contributed by atoms with E-state index in [0.29, 0.717) is 28.0 Å². The maximum absolute atomic E-state index is 12.5. The number of hydrogen-bond acceptors (Lipinski definition) is 3. The van der Waals surface area contributed by atoms with Gasteiger partial charge in [0.2, 0.25) is 5.91 Å². The number of carbonyl (C=O) groups is 1. The summed E-state index contributed by atoms with van der Waals surface area (Å²) in [5.74, 6) is 0.521. The standard InChI is InChI=1S/C19H22Cl2N2O2/c1-3-11-23(12-14-15(20)7-6-8-16(14)21)13-19(24)22-17-9-4-5-10-18(17)25-2/h4-10H,3,11-13H2,1-2H3,(H,22,24). The molecular formula is C19H22Cl2N2O2. The van der Waals surface area contributed by atoms with Crippen molar-refractivity contribution >= 4 is 34.8 Å². The first-order chi connectivity index (χ1) is 12.0. The summed E-state index contributed by atoms with van der Waals surface area (Å²) in [6.07, 6.45) is 0.921. The van der Waals surface area contributed by atoms with E-state index in [0.717, 1.165) is 18.5 Å². The molecule has 0 aliphatic carbocycles. The number of rotatable bonds is 8. The summed E-state index contributed by atoms with van der Waals surface area (Å²) in [7, 11) is 1.58. The third-order valence-corrected chi connectivity index (χ3v) is 4.44. The number of hydrogen-bond donors (Lipinski definition) is 1. The zero-order chi connectivity index (χ0) is 18.2. The van der Waals surface area contributed by atoms with Crippen molar-refractivity contribution in [2.45, 2.75) is 19.9 Å². The predicted molar refractivity (Wildman–Crippen MR) is 104 cm³/mol. The molecule has 1 N–H and O–H groups in total. The van der Waals surface area contributed by atoms with Crippen molar-refractivity contribution < 1.29 is 9.53 Å². The summed E-state index contributed by atoms with van der Waals surface area (Å²) in [5, 5.41) is 4.11. The van der Waals surface area contributed by atoms with Gasteiger partial charge in [0.15, 0.2) is 0 Å². The molecule has 0 saturated heterocycles. The van der Waals surface area contributed by atoms with Crippen LogP contribution < -0.4 is 10.1 Å². The average molecular weight is 381 g/mol. The molecule has 4 nitrogen and oxygen atoms in total. The largest absolute Gasteiger partial charge is 0.495 e. The van der Waals surface area contributed by atoms with Crippen molar-refractivity contribution in [3.63, 3.8) is 0 Å². The quantitative estimate of drug-likeness (QED) is 0.711. The maximum Gasteiger partial charge on any atom is 0.238 e. The van der Waals surface area contributed by atoms with Crippen molar-refractivity contribution in [3.8, 4) is 5.75 Å². The topological polar surface area (TPSA) is 41.6 Å². The monoisotopic (exact) mass is 380 g/mol. The Kier molecular flexibility index (Phi) is 7.56. The lowest BCUT2D eigenvalue weighted by molar-refractivity contribution is -0.117. The number of nitrogens with zero attached hydrogens (tertiary/aromatic N) is 1. The van der Waals surface area contributed by atoms with Gasteiger partial charge in [-0.15, -0.1) is 0 Å². The smallest absolute Gasteiger partial charge is 0.238 e. The fourth-order valence-electron chi connectivity index (χ4n) is 2.58. The van der Waals surface area contributed by atoms with E-state index in [1.807, 2.05) is 47.4 Å². The minimum absolute atomic E-state index is 0.110. The minimum atomic E-state index is -0.110. The highest BCUT2D eigenvalue weighted by Gasteiger charge is 2.15. The number of ether oxygens (including phenoxy) is 1. The van der Waals surface area contributed by atoms with Gasteiger partial charge in [0.05, 0.1) is 19.3 Å². The van der Waals surface area contributed by atoms with Crippen LogP contribution in [0.5, 0.6) is 5.75 Å². The second-order valence-corrected chi connectivity index (χ2v) is 6.47. The predicted octanol–water partition coefficient (Wildman–Crippen LogP) is 4.85. The third kappa shape index (κ3) is 5.63. The van der Waals surface area contributed by atoms with E-state index in [9.17, 15) is 4.79 Å². The van der Waals surface area contributed by atoms with Gasteiger partial charge < -0.3 is 10.1 Å². The Labute approximate surface area is 158 Å². The van der Waals surface area contributed by atoms with Crippen LogP contribution in [0.3, 0.4) is 0 Å². The SMILES string of the molecule is CCCN(CC(=O)Nc1ccccc1OC)Cc1c(Cl)cccc1Cl. The second-order valence-electron chi connectivity index (χ2n) is 5.66. The summed E-state index contributed by atoms with van der Waals surface area (Å²) in [4.78, 5) is 14.5. The first-order valence-corrected chi connectivity index (χ1v) is 8.88. The molecule has 6 heteroatoms. The molecule has 0 heterocycles. The fraction of sp³-hybridized carbons (Fsp3) is 0.316. The Morgan fingerprint density at radius 2 is 1.80 bits per heavy atom. The van der Waals surface area contributed by atoms with Crippen LogP contribution in [-0.2, 0) is 11.3 Å². The van der Waals surface area contributed by atoms with Crippen molar-refractivity contribution in [1.29, 1.82) is 0 Å². The second kappa shape index (κ2) is 9.66. The van der Waals surface area contributed by atoms with Crippen LogP contribution in [0.4, 0.5) is 5.69 Å². The number of para-hydroxylation sites is 2. The highest BCUT2D eigenvalue weighted by Crippen LogP contribution is 2.26. The number of methoxy groups -OCH3 is 1. The molecule has 2 aromatic carbocycles. The molecule has 0 aliphatic rings. The van der Waals surface area contributed by atoms with E-state index >= 15 is 0 Å². The number of amides is 1. The van der Waals surface area contributed by atoms with Crippen LogP contribution in [0.15, 0.2) is 42.5 Å². The lowest BCUT2D eigenvalue weighted by atomic mass is 10.2. The zero-order valence-corrected chi connectivity index (χ0v) is 15.9. The summed E-state index contributed by atoms with van der Waals surface area (Å²) < 4.78 is 5.26. The molecule has 134 valence electrons. The van der Waals surface area contributed by atoms with Crippen molar-refractivity contribution in [2.24, 2.45) is 0 Å². The van der Waals surface area contributed by atoms with E-state index in [1.165, 1.54) is 0 Å². The molecule has 2 aromatic rings. The molecular weight excluding hydrogens is 359 g/mol. The van der Waals surface area contributed by atoms with Crippen LogP contribution >= 0.6 is 23.2 Å². The van der Waals surface area contributed by atoms with Crippen molar-refractivity contribution in [1.82, 2.24) is 4.90 Å². The number of halogens is 2. The lowest BCUT2D eigenvalue weighted by Gasteiger charge is -2.22. The van der Waals surface area contributed by atoms with Crippen LogP contribution in [0.1, 0.15) is 18.9 Å². The number of benzene rings is 2. The van der Waals surface area contributed by atoms with Gasteiger partial charge in [0, 0.05) is 22.2 Å². The highest BCUT2D eigenvalue weighted by atomic mass is 35.5. The molecule has 0 spiro atoms. The van der Waals surface area contributed by atoms with Gasteiger partial charge >= 0.3 is 0 Å². The Bertz CT molecular complexity index is 702. The van der Waals surface area contributed by atoms with Gasteiger partial charge in [0.25, 0.3) is 0 Å². The van der Waals surface area contributed by atoms with Gasteiger partial charge in [-0.25, -0.2) is 0 Å². The van der Waals surface area contributed by atoms with E-state index in [-0.39, 0.29) is 12.5 Å². The fourth-order valence-corrected chi connectivity index (χ4v) is 3.09. The zero-order valence-electron chi connectivity index (χ0n) is 14.4. The molecule has 25 heavy (non-hydrogen) atoms. The molecule has 0 unspecified atom stereocenters. The van der Waals surface area contributed by atoms with Gasteiger partial charge in [-0.2, -0.15) is 0 Å². The van der Waals surface area contributed by atoms with E-state index in [1.54, 1.807) is 7.11 Å². The van der Waals surface area contributed by atoms with Crippen molar-refractivity contribution in [2.75, 3.05) is 25.5 Å². The Morgan fingerprint density at radius 1 is 1.12 bits per heavy atom. The number of nitrogens with one attached hydrogen (secondary N) is 1. The molecule has 0 atom stereocenters. The average Bonchev–Trinajstić information content (AvgIpc) is 2.59. The Balaban J connectivity index is 2.06. The van der Waals surface area contributed by atoms with E-state index in [4.69, 9.17) is 27.9 Å². The Morgan fingerprint density at radius 3 is 2.44 bits per heavy atom. The van der Waals surface area contributed by atoms with Gasteiger partial charge in [-0.1, -0.05) is 48.3 Å². The molecule has 1 amide bonds. The first kappa shape index (κ1) is 19.6. The van der Waals surface area contributed by atoms with Crippen LogP contribution in [0.2, 0.25) is 10.0 Å². The van der Waals surface area contributed by atoms with Crippen LogP contribution in [0, 0.1) is 0 Å². The molecule has 0 fully saturated rings. The highest BCUT2D eigenvalue weighted by molar-refractivity contribution is 6.35. The molecule has 0 aromatic heterocycles. The Hall–Kier alpha value is -1.75. The molecule has 2 rings (SSSR count). The minimum Gasteiger partial charge on any atom is -0.495 e. The van der Waals surface area contributed by atoms with Crippen molar-refractivity contribution in [3.05, 3.63) is 58.1 Å². The summed E-state index contributed by atoms with van der Waals surface area (Å²) in [6, 6.07) is 12.8. The number of anilines is 1. The lowest BCUT2D eigenvalue weighted by Crippen LogP contribution is -2.33. The van der Waals surface area contributed by atoms with Gasteiger partial charge in [0.1, 0.15) is 5.75 Å². The molecule has 0 radical (unpaired) electrons. The normalized spacial score (nSPS) is 10.8. The van der Waals surface area contributed by atoms with E-state index < -0.39 is 0 Å². The first-order valence-electron chi connectivity index (χ1n) is 8.13. The molecule has 0 saturated carbocycles. The number of carbonyl (C=O) groups excluding carboxylic acids is 1. The van der Waals surface area contributed by atoms with Gasteiger partial charge in [-0.3, -0.25) is 9.69 Å². The summed E-state index contributed by atoms with van der Waals surface area (Å²) >= 11 is 12.5. The molecule has 0 bridgehead atoms. The maximum atomic E-state index is 12.5. The summed E-state index contributed by atoms with van der Waals surface area (Å²) in [5.41, 5.74) is 1.49.